The monoisotopic (exact) mass is 343 g/mol. The smallest absolute Gasteiger partial charge is 0.344 e. The molecule has 6 nitrogen and oxygen atoms in total. The van der Waals surface area contributed by atoms with E-state index in [1.54, 1.807) is 18.2 Å². The van der Waals surface area contributed by atoms with Gasteiger partial charge < -0.3 is 9.47 Å². The lowest BCUT2D eigenvalue weighted by Crippen LogP contribution is -2.19. The van der Waals surface area contributed by atoms with Crippen molar-refractivity contribution in [2.24, 2.45) is 5.92 Å². The zero-order valence-corrected chi connectivity index (χ0v) is 14.3. The number of aryl methyl sites for hydroxylation is 1. The van der Waals surface area contributed by atoms with Crippen LogP contribution in [-0.2, 0) is 16.0 Å². The first kappa shape index (κ1) is 18.4. The molecule has 25 heavy (non-hydrogen) atoms. The Kier molecular flexibility index (Phi) is 6.51. The number of benzene rings is 2. The minimum Gasteiger partial charge on any atom is -0.482 e. The van der Waals surface area contributed by atoms with Crippen LogP contribution in [0.5, 0.6) is 5.75 Å². The fourth-order valence-corrected chi connectivity index (χ4v) is 2.34. The average Bonchev–Trinajstić information content (AvgIpc) is 2.58. The molecule has 0 unspecified atom stereocenters. The Hall–Kier alpha value is -2.89. The maximum Gasteiger partial charge on any atom is 0.344 e. The van der Waals surface area contributed by atoms with E-state index in [2.05, 4.69) is 0 Å². The van der Waals surface area contributed by atoms with E-state index in [1.807, 2.05) is 32.0 Å². The summed E-state index contributed by atoms with van der Waals surface area (Å²) in [7, 11) is 0. The zero-order chi connectivity index (χ0) is 18.2. The van der Waals surface area contributed by atoms with Gasteiger partial charge >= 0.3 is 5.97 Å². The normalized spacial score (nSPS) is 11.6. The van der Waals surface area contributed by atoms with Crippen LogP contribution in [0.3, 0.4) is 0 Å². The van der Waals surface area contributed by atoms with Gasteiger partial charge in [0.25, 0.3) is 5.69 Å². The molecule has 0 heterocycles. The van der Waals surface area contributed by atoms with Crippen molar-refractivity contribution < 1.29 is 19.2 Å². The summed E-state index contributed by atoms with van der Waals surface area (Å²) in [5, 5.41) is 10.6. The second-order valence-corrected chi connectivity index (χ2v) is 6.02. The lowest BCUT2D eigenvalue weighted by atomic mass is 10.0. The van der Waals surface area contributed by atoms with Gasteiger partial charge in [-0.15, -0.1) is 0 Å². The van der Waals surface area contributed by atoms with E-state index < -0.39 is 10.9 Å². The fourth-order valence-electron chi connectivity index (χ4n) is 2.34. The average molecular weight is 343 g/mol. The van der Waals surface area contributed by atoms with Gasteiger partial charge in [-0.2, -0.15) is 0 Å². The summed E-state index contributed by atoms with van der Waals surface area (Å²) < 4.78 is 10.6. The van der Waals surface area contributed by atoms with Crippen LogP contribution >= 0.6 is 0 Å². The quantitative estimate of drug-likeness (QED) is 0.415. The number of rotatable bonds is 8. The highest BCUT2D eigenvalue weighted by molar-refractivity contribution is 5.71. The summed E-state index contributed by atoms with van der Waals surface area (Å²) in [5.74, 6) is 0.317. The molecule has 132 valence electrons. The van der Waals surface area contributed by atoms with E-state index in [4.69, 9.17) is 9.47 Å². The van der Waals surface area contributed by atoms with Crippen LogP contribution in [0.2, 0.25) is 0 Å². The molecule has 2 aromatic carbocycles. The molecule has 2 rings (SSSR count). The third-order valence-electron chi connectivity index (χ3n) is 3.61. The number of non-ortho nitro benzene ring substituents is 1. The summed E-state index contributed by atoms with van der Waals surface area (Å²) in [6.45, 7) is 4.04. The lowest BCUT2D eigenvalue weighted by Gasteiger charge is -2.12. The molecular formula is C19H21NO5. The van der Waals surface area contributed by atoms with Gasteiger partial charge in [-0.05, 0) is 42.5 Å². The summed E-state index contributed by atoms with van der Waals surface area (Å²) in [4.78, 5) is 22.0. The van der Waals surface area contributed by atoms with Crippen LogP contribution in [-0.4, -0.2) is 24.1 Å². The van der Waals surface area contributed by atoms with Crippen molar-refractivity contribution in [2.45, 2.75) is 20.3 Å². The fraction of sp³-hybridized carbons (Fsp3) is 0.316. The van der Waals surface area contributed by atoms with Crippen LogP contribution < -0.4 is 4.74 Å². The molecule has 0 fully saturated rings. The molecule has 0 aliphatic rings. The highest BCUT2D eigenvalue weighted by Crippen LogP contribution is 2.15. The Bertz CT molecular complexity index is 727. The summed E-state index contributed by atoms with van der Waals surface area (Å²) in [6.07, 6.45) is 0.671. The summed E-state index contributed by atoms with van der Waals surface area (Å²) >= 11 is 0. The van der Waals surface area contributed by atoms with Crippen molar-refractivity contribution in [3.8, 4) is 5.75 Å². The Morgan fingerprint density at radius 2 is 1.92 bits per heavy atom. The molecule has 0 bridgehead atoms. The number of nitro benzene ring substituents is 1. The first-order valence-corrected chi connectivity index (χ1v) is 8.02. The standard InChI is InChI=1S/C19H21NO5/c1-14-4-3-5-18(11-14)24-13-19(21)25-12-15(2)10-16-6-8-17(9-7-16)20(22)23/h3-9,11,15H,10,12-13H2,1-2H3/t15-/m1/s1. The molecule has 2 aromatic rings. The predicted molar refractivity (Wildman–Crippen MR) is 93.6 cm³/mol. The molecule has 0 N–H and O–H groups in total. The minimum atomic E-state index is -0.427. The predicted octanol–water partition coefficient (Wildman–Crippen LogP) is 3.70. The molecule has 0 saturated carbocycles. The van der Waals surface area contributed by atoms with Gasteiger partial charge in [0.15, 0.2) is 6.61 Å². The van der Waals surface area contributed by atoms with E-state index in [9.17, 15) is 14.9 Å². The second-order valence-electron chi connectivity index (χ2n) is 6.02. The molecule has 0 radical (unpaired) electrons. The molecule has 0 aliphatic heterocycles. The number of esters is 1. The third-order valence-corrected chi connectivity index (χ3v) is 3.61. The van der Waals surface area contributed by atoms with E-state index in [0.29, 0.717) is 12.2 Å². The largest absolute Gasteiger partial charge is 0.482 e. The van der Waals surface area contributed by atoms with E-state index in [1.165, 1.54) is 12.1 Å². The van der Waals surface area contributed by atoms with Crippen molar-refractivity contribution in [3.63, 3.8) is 0 Å². The zero-order valence-electron chi connectivity index (χ0n) is 14.3. The first-order valence-electron chi connectivity index (χ1n) is 8.02. The SMILES string of the molecule is Cc1cccc(OCC(=O)OC[C@H](C)Cc2ccc([N+](=O)[O-])cc2)c1. The first-order chi connectivity index (χ1) is 11.9. The highest BCUT2D eigenvalue weighted by Gasteiger charge is 2.11. The van der Waals surface area contributed by atoms with Gasteiger partial charge in [0.2, 0.25) is 0 Å². The van der Waals surface area contributed by atoms with Crippen LogP contribution in [0.15, 0.2) is 48.5 Å². The van der Waals surface area contributed by atoms with Crippen LogP contribution in [0.1, 0.15) is 18.1 Å². The maximum absolute atomic E-state index is 11.8. The number of carbonyl (C=O) groups excluding carboxylic acids is 1. The van der Waals surface area contributed by atoms with E-state index >= 15 is 0 Å². The van der Waals surface area contributed by atoms with Crippen molar-refractivity contribution in [2.75, 3.05) is 13.2 Å². The molecule has 0 saturated heterocycles. The van der Waals surface area contributed by atoms with E-state index in [-0.39, 0.29) is 24.8 Å². The molecule has 6 heteroatoms. The molecule has 1 atom stereocenters. The van der Waals surface area contributed by atoms with Crippen LogP contribution in [0.4, 0.5) is 5.69 Å². The number of hydrogen-bond donors (Lipinski definition) is 0. The molecule has 0 amide bonds. The molecule has 0 aromatic heterocycles. The number of carbonyl (C=O) groups is 1. The van der Waals surface area contributed by atoms with Gasteiger partial charge in [-0.25, -0.2) is 4.79 Å². The van der Waals surface area contributed by atoms with Gasteiger partial charge in [-0.1, -0.05) is 31.2 Å². The third kappa shape index (κ3) is 6.25. The lowest BCUT2D eigenvalue weighted by molar-refractivity contribution is -0.384. The summed E-state index contributed by atoms with van der Waals surface area (Å²) in [5.41, 5.74) is 2.09. The molecule has 0 aliphatic carbocycles. The van der Waals surface area contributed by atoms with Crippen molar-refractivity contribution in [3.05, 3.63) is 69.8 Å². The van der Waals surface area contributed by atoms with Crippen LogP contribution in [0, 0.1) is 23.0 Å². The van der Waals surface area contributed by atoms with Crippen molar-refractivity contribution in [1.82, 2.24) is 0 Å². The minimum absolute atomic E-state index is 0.0659. The number of hydrogen-bond acceptors (Lipinski definition) is 5. The number of ether oxygens (including phenoxy) is 2. The van der Waals surface area contributed by atoms with Crippen molar-refractivity contribution in [1.29, 1.82) is 0 Å². The van der Waals surface area contributed by atoms with Gasteiger partial charge in [-0.3, -0.25) is 10.1 Å². The van der Waals surface area contributed by atoms with Gasteiger partial charge in [0.05, 0.1) is 11.5 Å². The Labute approximate surface area is 146 Å². The second kappa shape index (κ2) is 8.82. The Morgan fingerprint density at radius 1 is 1.20 bits per heavy atom. The topological polar surface area (TPSA) is 78.7 Å². The highest BCUT2D eigenvalue weighted by atomic mass is 16.6. The van der Waals surface area contributed by atoms with Crippen LogP contribution in [0.25, 0.3) is 0 Å². The summed E-state index contributed by atoms with van der Waals surface area (Å²) in [6, 6.07) is 13.8. The van der Waals surface area contributed by atoms with Gasteiger partial charge in [0.1, 0.15) is 5.75 Å². The molecule has 0 spiro atoms. The van der Waals surface area contributed by atoms with Gasteiger partial charge in [0, 0.05) is 12.1 Å². The number of nitrogens with zero attached hydrogens (tertiary/aromatic N) is 1. The maximum atomic E-state index is 11.8. The number of nitro groups is 1. The van der Waals surface area contributed by atoms with E-state index in [0.717, 1.165) is 11.1 Å². The Balaban J connectivity index is 1.72. The molecular weight excluding hydrogens is 322 g/mol. The van der Waals surface area contributed by atoms with Crippen molar-refractivity contribution >= 4 is 11.7 Å². The Morgan fingerprint density at radius 3 is 2.56 bits per heavy atom.